The van der Waals surface area contributed by atoms with Crippen molar-refractivity contribution < 1.29 is 19.4 Å². The lowest BCUT2D eigenvalue weighted by Crippen LogP contribution is -2.59. The number of hydrogen-bond donors (Lipinski definition) is 1. The van der Waals surface area contributed by atoms with Gasteiger partial charge in [-0.15, -0.1) is 0 Å². The number of rotatable bonds is 4. The van der Waals surface area contributed by atoms with Crippen molar-refractivity contribution in [1.82, 2.24) is 0 Å². The van der Waals surface area contributed by atoms with E-state index in [0.29, 0.717) is 13.2 Å². The smallest absolute Gasteiger partial charge is 0.335 e. The van der Waals surface area contributed by atoms with Crippen molar-refractivity contribution in [1.29, 1.82) is 0 Å². The summed E-state index contributed by atoms with van der Waals surface area (Å²) in [5.74, 6) is -0.570. The van der Waals surface area contributed by atoms with Crippen LogP contribution in [-0.2, 0) is 14.3 Å². The first-order chi connectivity index (χ1) is 6.91. The van der Waals surface area contributed by atoms with Gasteiger partial charge in [-0.2, -0.15) is 0 Å². The van der Waals surface area contributed by atoms with E-state index in [1.54, 1.807) is 0 Å². The van der Waals surface area contributed by atoms with Crippen LogP contribution in [0.4, 0.5) is 0 Å². The molecule has 0 bridgehead atoms. The van der Waals surface area contributed by atoms with Crippen LogP contribution < -0.4 is 0 Å². The predicted octanol–water partition coefficient (Wildman–Crippen LogP) is 0.973. The Bertz CT molecular complexity index is 237. The molecule has 0 saturated carbocycles. The average molecular weight is 216 g/mol. The van der Waals surface area contributed by atoms with Crippen LogP contribution in [-0.4, -0.2) is 37.5 Å². The summed E-state index contributed by atoms with van der Waals surface area (Å²) in [5.41, 5.74) is -0.631. The maximum Gasteiger partial charge on any atom is 0.335 e. The highest BCUT2D eigenvalue weighted by molar-refractivity contribution is 5.75. The minimum atomic E-state index is -1.09. The Kier molecular flexibility index (Phi) is 3.41. The lowest BCUT2D eigenvalue weighted by Gasteiger charge is -2.53. The van der Waals surface area contributed by atoms with Crippen molar-refractivity contribution in [2.75, 3.05) is 20.3 Å². The predicted molar refractivity (Wildman–Crippen MR) is 55.3 cm³/mol. The van der Waals surface area contributed by atoms with Crippen molar-refractivity contribution in [2.45, 2.75) is 33.3 Å². The molecule has 1 rings (SSSR count). The summed E-state index contributed by atoms with van der Waals surface area (Å²) < 4.78 is 9.79. The van der Waals surface area contributed by atoms with Crippen LogP contribution in [0.3, 0.4) is 0 Å². The number of ether oxygens (including phenoxy) is 2. The Morgan fingerprint density at radius 3 is 2.40 bits per heavy atom. The third-order valence-electron chi connectivity index (χ3n) is 3.91. The first-order valence-corrected chi connectivity index (χ1v) is 5.25. The average Bonchev–Trinajstić information content (AvgIpc) is 2.14. The Morgan fingerprint density at radius 1 is 1.60 bits per heavy atom. The maximum absolute atomic E-state index is 11.3. The minimum absolute atomic E-state index is 0.111. The van der Waals surface area contributed by atoms with Gasteiger partial charge in [-0.05, 0) is 6.42 Å². The van der Waals surface area contributed by atoms with E-state index < -0.39 is 17.5 Å². The van der Waals surface area contributed by atoms with Crippen LogP contribution in [0.1, 0.15) is 27.2 Å². The molecular formula is C11H20O4. The van der Waals surface area contributed by atoms with E-state index >= 15 is 0 Å². The second-order valence-corrected chi connectivity index (χ2v) is 4.77. The van der Waals surface area contributed by atoms with Crippen molar-refractivity contribution in [2.24, 2.45) is 10.8 Å². The standard InChI is InChI=1S/C11H20O4/c1-5-11(6-15-7-11)10(2,3)8(12)9(13)14-4/h8,12H,5-7H2,1-4H3. The largest absolute Gasteiger partial charge is 0.467 e. The van der Waals surface area contributed by atoms with Gasteiger partial charge in [0.1, 0.15) is 0 Å². The Hall–Kier alpha value is -0.610. The molecule has 0 spiro atoms. The Balaban J connectivity index is 2.85. The van der Waals surface area contributed by atoms with Crippen LogP contribution in [0.25, 0.3) is 0 Å². The molecule has 0 aromatic heterocycles. The quantitative estimate of drug-likeness (QED) is 0.711. The van der Waals surface area contributed by atoms with Crippen molar-refractivity contribution in [3.63, 3.8) is 0 Å². The summed E-state index contributed by atoms with van der Waals surface area (Å²) in [6.07, 6.45) is -0.208. The summed E-state index contributed by atoms with van der Waals surface area (Å²) in [7, 11) is 1.29. The molecule has 1 fully saturated rings. The molecule has 1 N–H and O–H groups in total. The number of carbonyl (C=O) groups excluding carboxylic acids is 1. The van der Waals surface area contributed by atoms with Crippen LogP contribution in [0.2, 0.25) is 0 Å². The summed E-state index contributed by atoms with van der Waals surface area (Å²) >= 11 is 0. The molecule has 0 aromatic rings. The molecule has 1 saturated heterocycles. The van der Waals surface area contributed by atoms with E-state index in [9.17, 15) is 9.90 Å². The number of aliphatic hydroxyl groups is 1. The number of esters is 1. The van der Waals surface area contributed by atoms with E-state index in [4.69, 9.17) is 4.74 Å². The highest BCUT2D eigenvalue weighted by Gasteiger charge is 2.55. The fourth-order valence-electron chi connectivity index (χ4n) is 2.08. The first-order valence-electron chi connectivity index (χ1n) is 5.25. The SMILES string of the molecule is CCC1(C(C)(C)C(O)C(=O)OC)COC1. The van der Waals surface area contributed by atoms with Gasteiger partial charge in [-0.25, -0.2) is 4.79 Å². The van der Waals surface area contributed by atoms with Gasteiger partial charge >= 0.3 is 5.97 Å². The third-order valence-corrected chi connectivity index (χ3v) is 3.91. The van der Waals surface area contributed by atoms with Gasteiger partial charge in [0.2, 0.25) is 0 Å². The third kappa shape index (κ3) is 1.76. The van der Waals surface area contributed by atoms with Crippen LogP contribution in [0, 0.1) is 10.8 Å². The van der Waals surface area contributed by atoms with Crippen molar-refractivity contribution in [3.8, 4) is 0 Å². The minimum Gasteiger partial charge on any atom is -0.467 e. The first kappa shape index (κ1) is 12.5. The van der Waals surface area contributed by atoms with Gasteiger partial charge in [-0.1, -0.05) is 20.8 Å². The number of aliphatic hydroxyl groups excluding tert-OH is 1. The monoisotopic (exact) mass is 216 g/mol. The lowest BCUT2D eigenvalue weighted by atomic mass is 9.60. The molecular weight excluding hydrogens is 196 g/mol. The van der Waals surface area contributed by atoms with Crippen LogP contribution >= 0.6 is 0 Å². The zero-order valence-electron chi connectivity index (χ0n) is 9.87. The Morgan fingerprint density at radius 2 is 2.13 bits per heavy atom. The molecule has 0 aliphatic carbocycles. The molecule has 1 unspecified atom stereocenters. The highest BCUT2D eigenvalue weighted by Crippen LogP contribution is 2.49. The van der Waals surface area contributed by atoms with Gasteiger partial charge in [0.05, 0.1) is 20.3 Å². The van der Waals surface area contributed by atoms with Gasteiger partial charge in [0.25, 0.3) is 0 Å². The van der Waals surface area contributed by atoms with Gasteiger partial charge in [0, 0.05) is 10.8 Å². The molecule has 15 heavy (non-hydrogen) atoms. The molecule has 1 atom stereocenters. The fraction of sp³-hybridized carbons (Fsp3) is 0.909. The number of hydrogen-bond acceptors (Lipinski definition) is 4. The van der Waals surface area contributed by atoms with Crippen LogP contribution in [0.15, 0.2) is 0 Å². The lowest BCUT2D eigenvalue weighted by molar-refractivity contribution is -0.213. The van der Waals surface area contributed by atoms with E-state index in [1.165, 1.54) is 7.11 Å². The topological polar surface area (TPSA) is 55.8 Å². The Labute approximate surface area is 90.6 Å². The second kappa shape index (κ2) is 4.10. The van der Waals surface area contributed by atoms with Crippen molar-refractivity contribution in [3.05, 3.63) is 0 Å². The molecule has 88 valence electrons. The zero-order valence-corrected chi connectivity index (χ0v) is 9.87. The van der Waals surface area contributed by atoms with Gasteiger partial charge < -0.3 is 14.6 Å². The summed E-state index contributed by atoms with van der Waals surface area (Å²) in [6.45, 7) is 7.03. The molecule has 4 nitrogen and oxygen atoms in total. The highest BCUT2D eigenvalue weighted by atomic mass is 16.5. The maximum atomic E-state index is 11.3. The second-order valence-electron chi connectivity index (χ2n) is 4.77. The molecule has 0 amide bonds. The normalized spacial score (nSPS) is 21.7. The van der Waals surface area contributed by atoms with E-state index in [1.807, 2.05) is 20.8 Å². The summed E-state index contributed by atoms with van der Waals surface area (Å²) in [5, 5.41) is 9.95. The number of carbonyl (C=O) groups is 1. The fourth-order valence-corrected chi connectivity index (χ4v) is 2.08. The molecule has 0 aromatic carbocycles. The molecule has 1 aliphatic rings. The summed E-state index contributed by atoms with van der Waals surface area (Å²) in [6, 6.07) is 0. The molecule has 0 radical (unpaired) electrons. The van der Waals surface area contributed by atoms with Crippen LogP contribution in [0.5, 0.6) is 0 Å². The van der Waals surface area contributed by atoms with E-state index in [2.05, 4.69) is 4.74 Å². The molecule has 1 heterocycles. The molecule has 1 aliphatic heterocycles. The molecule has 4 heteroatoms. The summed E-state index contributed by atoms with van der Waals surface area (Å²) in [4.78, 5) is 11.3. The van der Waals surface area contributed by atoms with E-state index in [-0.39, 0.29) is 5.41 Å². The van der Waals surface area contributed by atoms with E-state index in [0.717, 1.165) is 6.42 Å². The van der Waals surface area contributed by atoms with Gasteiger partial charge in [-0.3, -0.25) is 0 Å². The number of methoxy groups -OCH3 is 1. The van der Waals surface area contributed by atoms with Gasteiger partial charge in [0.15, 0.2) is 6.10 Å². The van der Waals surface area contributed by atoms with Crippen molar-refractivity contribution >= 4 is 5.97 Å². The zero-order chi connectivity index (χ0) is 11.7.